The molecule has 1 saturated heterocycles. The smallest absolute Gasteiger partial charge is 0.347 e. The first-order valence-electron chi connectivity index (χ1n) is 6.53. The predicted molar refractivity (Wildman–Crippen MR) is 72.6 cm³/mol. The largest absolute Gasteiger partial charge is 0.463 e. The Balaban J connectivity index is 1.87. The molecule has 1 aliphatic heterocycles. The van der Waals surface area contributed by atoms with Crippen LogP contribution in [0.5, 0.6) is 0 Å². The van der Waals surface area contributed by atoms with Gasteiger partial charge in [0.15, 0.2) is 0 Å². The number of nitrogens with one attached hydrogen (secondary N) is 1. The number of rotatable bonds is 2. The first-order valence-corrected chi connectivity index (χ1v) is 6.53. The number of carbonyl (C=O) groups excluding carboxylic acids is 2. The molecule has 104 valence electrons. The third kappa shape index (κ3) is 2.05. The highest BCUT2D eigenvalue weighted by molar-refractivity contribution is 5.97. The number of aromatic nitrogens is 1. The van der Waals surface area contributed by atoms with Gasteiger partial charge in [0.25, 0.3) is 0 Å². The summed E-state index contributed by atoms with van der Waals surface area (Å²) in [5.74, 6) is -0.956. The average molecular weight is 273 g/mol. The van der Waals surface area contributed by atoms with E-state index in [0.717, 1.165) is 22.2 Å². The van der Waals surface area contributed by atoms with Crippen molar-refractivity contribution in [1.29, 1.82) is 0 Å². The first kappa shape index (κ1) is 12.7. The molecule has 1 atom stereocenters. The van der Waals surface area contributed by atoms with Gasteiger partial charge in [-0.15, -0.1) is 0 Å². The summed E-state index contributed by atoms with van der Waals surface area (Å²) in [6.07, 6.45) is -0.345. The lowest BCUT2D eigenvalue weighted by molar-refractivity contribution is -0.145. The Bertz CT molecular complexity index is 701. The molecule has 1 aliphatic rings. The van der Waals surface area contributed by atoms with Gasteiger partial charge in [-0.1, -0.05) is 0 Å². The number of hydrogen-bond donors (Lipinski definition) is 1. The monoisotopic (exact) mass is 273 g/mol. The second-order valence-electron chi connectivity index (χ2n) is 4.99. The van der Waals surface area contributed by atoms with Crippen molar-refractivity contribution in [2.75, 3.05) is 6.61 Å². The Morgan fingerprint density at radius 1 is 1.40 bits per heavy atom. The number of esters is 2. The SMILES string of the molecule is Cc1[nH]c2ccc(C(=O)O[C@H]3CCOC3=O)cc2c1C. The van der Waals surface area contributed by atoms with E-state index in [1.807, 2.05) is 19.9 Å². The van der Waals surface area contributed by atoms with Crippen molar-refractivity contribution in [3.05, 3.63) is 35.0 Å². The molecule has 0 saturated carbocycles. The Hall–Kier alpha value is -2.30. The van der Waals surface area contributed by atoms with Crippen LogP contribution >= 0.6 is 0 Å². The van der Waals surface area contributed by atoms with E-state index in [2.05, 4.69) is 4.98 Å². The minimum atomic E-state index is -0.771. The molecule has 0 aliphatic carbocycles. The molecule has 1 aromatic heterocycles. The fourth-order valence-electron chi connectivity index (χ4n) is 2.37. The van der Waals surface area contributed by atoms with Gasteiger partial charge in [0.1, 0.15) is 0 Å². The molecule has 3 rings (SSSR count). The highest BCUT2D eigenvalue weighted by atomic mass is 16.6. The van der Waals surface area contributed by atoms with E-state index in [1.165, 1.54) is 0 Å². The number of carbonyl (C=O) groups is 2. The topological polar surface area (TPSA) is 68.4 Å². The van der Waals surface area contributed by atoms with Crippen molar-refractivity contribution in [1.82, 2.24) is 4.98 Å². The van der Waals surface area contributed by atoms with Crippen molar-refractivity contribution in [3.63, 3.8) is 0 Å². The molecule has 2 heterocycles. The number of hydrogen-bond acceptors (Lipinski definition) is 4. The van der Waals surface area contributed by atoms with Crippen LogP contribution in [0, 0.1) is 13.8 Å². The minimum Gasteiger partial charge on any atom is -0.463 e. The molecule has 0 spiro atoms. The van der Waals surface area contributed by atoms with Crippen LogP contribution in [0.1, 0.15) is 28.0 Å². The zero-order valence-corrected chi connectivity index (χ0v) is 11.4. The van der Waals surface area contributed by atoms with Crippen LogP contribution in [0.3, 0.4) is 0 Å². The van der Waals surface area contributed by atoms with Gasteiger partial charge in [0.05, 0.1) is 12.2 Å². The minimum absolute atomic E-state index is 0.311. The molecule has 2 aromatic rings. The summed E-state index contributed by atoms with van der Waals surface area (Å²) in [4.78, 5) is 26.6. The molecule has 20 heavy (non-hydrogen) atoms. The van der Waals surface area contributed by atoms with Crippen LogP contribution < -0.4 is 0 Å². The number of aromatic amines is 1. The molecule has 1 fully saturated rings. The summed E-state index contributed by atoms with van der Waals surface area (Å²) in [5.41, 5.74) is 3.61. The fourth-order valence-corrected chi connectivity index (χ4v) is 2.37. The number of ether oxygens (including phenoxy) is 2. The lowest BCUT2D eigenvalue weighted by Gasteiger charge is -2.08. The maximum atomic E-state index is 12.1. The van der Waals surface area contributed by atoms with Gasteiger partial charge in [-0.3, -0.25) is 0 Å². The number of benzene rings is 1. The van der Waals surface area contributed by atoms with Crippen LogP contribution in [-0.2, 0) is 14.3 Å². The number of H-pyrrole nitrogens is 1. The maximum Gasteiger partial charge on any atom is 0.347 e. The molecular formula is C15H15NO4. The molecule has 0 unspecified atom stereocenters. The van der Waals surface area contributed by atoms with Crippen molar-refractivity contribution in [2.45, 2.75) is 26.4 Å². The maximum absolute atomic E-state index is 12.1. The number of fused-ring (bicyclic) bond motifs is 1. The molecule has 1 N–H and O–H groups in total. The lowest BCUT2D eigenvalue weighted by Crippen LogP contribution is -2.22. The first-order chi connectivity index (χ1) is 9.56. The second kappa shape index (κ2) is 4.67. The number of aryl methyl sites for hydroxylation is 2. The van der Waals surface area contributed by atoms with Gasteiger partial charge in [0.2, 0.25) is 6.10 Å². The molecule has 0 bridgehead atoms. The van der Waals surface area contributed by atoms with Crippen LogP contribution in [-0.4, -0.2) is 29.6 Å². The molecule has 1 aromatic carbocycles. The fraction of sp³-hybridized carbons (Fsp3) is 0.333. The predicted octanol–water partition coefficient (Wildman–Crippen LogP) is 2.26. The third-order valence-electron chi connectivity index (χ3n) is 3.68. The highest BCUT2D eigenvalue weighted by Crippen LogP contribution is 2.23. The van der Waals surface area contributed by atoms with E-state index in [1.54, 1.807) is 12.1 Å². The summed E-state index contributed by atoms with van der Waals surface area (Å²) < 4.78 is 9.96. The summed E-state index contributed by atoms with van der Waals surface area (Å²) in [7, 11) is 0. The lowest BCUT2D eigenvalue weighted by atomic mass is 10.1. The van der Waals surface area contributed by atoms with Gasteiger partial charge in [-0.05, 0) is 37.6 Å². The van der Waals surface area contributed by atoms with Crippen LogP contribution in [0.2, 0.25) is 0 Å². The van der Waals surface area contributed by atoms with Crippen molar-refractivity contribution < 1.29 is 19.1 Å². The van der Waals surface area contributed by atoms with Gasteiger partial charge in [0, 0.05) is 23.0 Å². The zero-order valence-electron chi connectivity index (χ0n) is 11.4. The summed E-state index contributed by atoms with van der Waals surface area (Å²) in [5, 5.41) is 0.992. The molecule has 0 amide bonds. The summed E-state index contributed by atoms with van der Waals surface area (Å²) in [6, 6.07) is 5.33. The van der Waals surface area contributed by atoms with Crippen molar-refractivity contribution in [2.24, 2.45) is 0 Å². The van der Waals surface area contributed by atoms with E-state index in [0.29, 0.717) is 18.6 Å². The Kier molecular flexibility index (Phi) is 2.97. The van der Waals surface area contributed by atoms with Gasteiger partial charge in [-0.2, -0.15) is 0 Å². The van der Waals surface area contributed by atoms with Crippen LogP contribution in [0.4, 0.5) is 0 Å². The summed E-state index contributed by atoms with van der Waals surface area (Å²) >= 11 is 0. The van der Waals surface area contributed by atoms with Crippen molar-refractivity contribution in [3.8, 4) is 0 Å². The Morgan fingerprint density at radius 2 is 2.20 bits per heavy atom. The molecule has 0 radical (unpaired) electrons. The van der Waals surface area contributed by atoms with Crippen LogP contribution in [0.25, 0.3) is 10.9 Å². The van der Waals surface area contributed by atoms with Crippen LogP contribution in [0.15, 0.2) is 18.2 Å². The Labute approximate surface area is 115 Å². The average Bonchev–Trinajstić information content (AvgIpc) is 2.95. The third-order valence-corrected chi connectivity index (χ3v) is 3.68. The van der Waals surface area contributed by atoms with Crippen molar-refractivity contribution >= 4 is 22.8 Å². The number of cyclic esters (lactones) is 1. The molecule has 5 nitrogen and oxygen atoms in total. The highest BCUT2D eigenvalue weighted by Gasteiger charge is 2.30. The zero-order chi connectivity index (χ0) is 14.3. The molecular weight excluding hydrogens is 258 g/mol. The van der Waals surface area contributed by atoms with Gasteiger partial charge >= 0.3 is 11.9 Å². The van der Waals surface area contributed by atoms with E-state index in [4.69, 9.17) is 9.47 Å². The second-order valence-corrected chi connectivity index (χ2v) is 4.99. The van der Waals surface area contributed by atoms with E-state index in [-0.39, 0.29) is 0 Å². The Morgan fingerprint density at radius 3 is 2.90 bits per heavy atom. The van der Waals surface area contributed by atoms with Gasteiger partial charge in [-0.25, -0.2) is 9.59 Å². The van der Waals surface area contributed by atoms with Gasteiger partial charge < -0.3 is 14.5 Å². The molecule has 5 heteroatoms. The normalized spacial score (nSPS) is 18.3. The standard InChI is InChI=1S/C15H15NO4/c1-8-9(2)16-12-4-3-10(7-11(8)12)14(17)20-13-5-6-19-15(13)18/h3-4,7,13,16H,5-6H2,1-2H3/t13-/m0/s1. The summed E-state index contributed by atoms with van der Waals surface area (Å²) in [6.45, 7) is 4.30. The van der Waals surface area contributed by atoms with E-state index >= 15 is 0 Å². The quantitative estimate of drug-likeness (QED) is 0.852. The van der Waals surface area contributed by atoms with E-state index < -0.39 is 18.0 Å². The van der Waals surface area contributed by atoms with E-state index in [9.17, 15) is 9.59 Å².